The third-order valence-electron chi connectivity index (χ3n) is 2.33. The number of benzene rings is 2. The Hall–Kier alpha value is -1.38. The van der Waals surface area contributed by atoms with E-state index in [0.717, 1.165) is 0 Å². The molecule has 0 aromatic heterocycles. The van der Waals surface area contributed by atoms with E-state index in [9.17, 15) is 4.80 Å². The third-order valence-corrected chi connectivity index (χ3v) is 2.98. The van der Waals surface area contributed by atoms with Crippen LogP contribution in [0.4, 0.5) is 0 Å². The summed E-state index contributed by atoms with van der Waals surface area (Å²) in [6, 6.07) is 14.5. The van der Waals surface area contributed by atoms with Crippen LogP contribution in [0.2, 0.25) is 6.55 Å². The Kier molecular flexibility index (Phi) is 2.99. The normalized spacial score (nSPS) is 11.7. The van der Waals surface area contributed by atoms with Crippen molar-refractivity contribution in [3.8, 4) is 0 Å². The van der Waals surface area contributed by atoms with E-state index in [2.05, 4.69) is 24.3 Å². The van der Waals surface area contributed by atoms with E-state index >= 15 is 0 Å². The van der Waals surface area contributed by atoms with Crippen LogP contribution in [0, 0.1) is 0 Å². The van der Waals surface area contributed by atoms with Gasteiger partial charge in [-0.15, -0.1) is 0 Å². The summed E-state index contributed by atoms with van der Waals surface area (Å²) in [6.07, 6.45) is 2.01. The van der Waals surface area contributed by atoms with Gasteiger partial charge in [0.25, 0.3) is 0 Å². The van der Waals surface area contributed by atoms with Crippen molar-refractivity contribution in [3.05, 3.63) is 53.7 Å². The van der Waals surface area contributed by atoms with E-state index in [0.29, 0.717) is 0 Å². The monoisotopic (exact) mass is 213 g/mol. The van der Waals surface area contributed by atoms with Gasteiger partial charge in [0.15, 0.2) is 0 Å². The van der Waals surface area contributed by atoms with Crippen molar-refractivity contribution in [1.29, 1.82) is 0 Å². The molecule has 15 heavy (non-hydrogen) atoms. The molecule has 0 unspecified atom stereocenters. The molecule has 0 amide bonds. The smallest absolute Gasteiger partial charge is 0.231 e. The topological polar surface area (TPSA) is 20.2 Å². The summed E-state index contributed by atoms with van der Waals surface area (Å²) in [7, 11) is -1.28. The molecular weight excluding hydrogens is 200 g/mol. The van der Waals surface area contributed by atoms with Gasteiger partial charge in [0, 0.05) is 0 Å². The highest BCUT2D eigenvalue weighted by Crippen LogP contribution is 2.19. The Bertz CT molecular complexity index is 483. The zero-order chi connectivity index (χ0) is 10.7. The molecule has 0 aliphatic carbocycles. The molecule has 0 aliphatic heterocycles. The van der Waals surface area contributed by atoms with Crippen LogP contribution >= 0.6 is 0 Å². The van der Waals surface area contributed by atoms with Crippen molar-refractivity contribution in [2.45, 2.75) is 6.55 Å². The lowest BCUT2D eigenvalue weighted by molar-refractivity contribution is 0.593. The minimum absolute atomic E-state index is 1.17. The van der Waals surface area contributed by atoms with Crippen LogP contribution in [-0.2, 0) is 0 Å². The lowest BCUT2D eigenvalue weighted by atomic mass is 10.1. The average Bonchev–Trinajstić information content (AvgIpc) is 2.26. The van der Waals surface area contributed by atoms with E-state index in [1.54, 1.807) is 0 Å². The van der Waals surface area contributed by atoms with Gasteiger partial charge >= 0.3 is 0 Å². The van der Waals surface area contributed by atoms with Gasteiger partial charge < -0.3 is 4.80 Å². The molecule has 0 atom stereocenters. The van der Waals surface area contributed by atoms with Crippen molar-refractivity contribution in [2.24, 2.45) is 0 Å². The maximum Gasteiger partial charge on any atom is 0.231 e. The molecule has 0 heterocycles. The van der Waals surface area contributed by atoms with Crippen molar-refractivity contribution in [2.75, 3.05) is 0 Å². The minimum atomic E-state index is -1.28. The lowest BCUT2D eigenvalue weighted by Gasteiger charge is -2.01. The second-order valence-electron chi connectivity index (χ2n) is 3.54. The molecule has 2 aromatic carbocycles. The second-order valence-corrected chi connectivity index (χ2v) is 5.16. The first-order chi connectivity index (χ1) is 7.27. The largest absolute Gasteiger partial charge is 0.428 e. The highest BCUT2D eigenvalue weighted by molar-refractivity contribution is 6.55. The maximum absolute atomic E-state index is 9.30. The van der Waals surface area contributed by atoms with Gasteiger partial charge in [0.2, 0.25) is 9.04 Å². The summed E-state index contributed by atoms with van der Waals surface area (Å²) in [5.74, 6) is 0. The summed E-state index contributed by atoms with van der Waals surface area (Å²) < 4.78 is 0. The van der Waals surface area contributed by atoms with Gasteiger partial charge in [-0.25, -0.2) is 0 Å². The van der Waals surface area contributed by atoms with Gasteiger partial charge in [0.05, 0.1) is 0 Å². The molecule has 1 N–H and O–H groups in total. The summed E-state index contributed by atoms with van der Waals surface area (Å²) in [4.78, 5) is 9.30. The number of hydrogen-bond donors (Lipinski definition) is 1. The van der Waals surface area contributed by atoms with Gasteiger partial charge in [-0.05, 0) is 22.9 Å². The van der Waals surface area contributed by atoms with Crippen LogP contribution in [0.15, 0.2) is 48.2 Å². The fraction of sp³-hybridized carbons (Fsp3) is 0.0769. The van der Waals surface area contributed by atoms with Crippen molar-refractivity contribution in [3.63, 3.8) is 0 Å². The zero-order valence-corrected chi connectivity index (χ0v) is 9.64. The number of rotatable bonds is 2. The first-order valence-electron chi connectivity index (χ1n) is 4.96. The Balaban J connectivity index is 2.51. The van der Waals surface area contributed by atoms with Gasteiger partial charge in [0.1, 0.15) is 0 Å². The van der Waals surface area contributed by atoms with Crippen LogP contribution in [-0.4, -0.2) is 13.8 Å². The van der Waals surface area contributed by atoms with Crippen molar-refractivity contribution in [1.82, 2.24) is 0 Å². The summed E-state index contributed by atoms with van der Waals surface area (Å²) in [5.41, 5.74) is 3.07. The molecule has 1 radical (unpaired) electrons. The van der Waals surface area contributed by atoms with E-state index in [-0.39, 0.29) is 0 Å². The van der Waals surface area contributed by atoms with Crippen LogP contribution in [0.3, 0.4) is 0 Å². The first-order valence-corrected chi connectivity index (χ1v) is 6.98. The van der Waals surface area contributed by atoms with Gasteiger partial charge in [-0.3, -0.25) is 0 Å². The highest BCUT2D eigenvalue weighted by atomic mass is 28.3. The Morgan fingerprint density at radius 2 is 1.80 bits per heavy atom. The Morgan fingerprint density at radius 1 is 1.07 bits per heavy atom. The molecule has 0 saturated heterocycles. The quantitative estimate of drug-likeness (QED) is 0.760. The highest BCUT2D eigenvalue weighted by Gasteiger charge is 1.97. The van der Waals surface area contributed by atoms with Crippen molar-refractivity contribution >= 4 is 25.9 Å². The fourth-order valence-corrected chi connectivity index (χ4v) is 2.03. The molecule has 0 bridgehead atoms. The molecule has 0 fully saturated rings. The fourth-order valence-electron chi connectivity index (χ4n) is 1.61. The number of hydrogen-bond acceptors (Lipinski definition) is 1. The molecular formula is C13H13OSi. The first kappa shape index (κ1) is 10.1. The minimum Gasteiger partial charge on any atom is -0.428 e. The Morgan fingerprint density at radius 3 is 2.60 bits per heavy atom. The van der Waals surface area contributed by atoms with E-state index in [4.69, 9.17) is 0 Å². The lowest BCUT2D eigenvalue weighted by Crippen LogP contribution is -1.98. The molecule has 2 heteroatoms. The molecule has 0 saturated carbocycles. The van der Waals surface area contributed by atoms with Gasteiger partial charge in [-0.2, -0.15) is 0 Å². The Labute approximate surface area is 91.4 Å². The van der Waals surface area contributed by atoms with Crippen LogP contribution in [0.25, 0.3) is 16.8 Å². The van der Waals surface area contributed by atoms with Gasteiger partial charge in [-0.1, -0.05) is 54.2 Å². The zero-order valence-electron chi connectivity index (χ0n) is 8.64. The molecule has 0 spiro atoms. The maximum atomic E-state index is 9.30. The summed E-state index contributed by atoms with van der Waals surface area (Å²) in [6.45, 7) is 1.85. The molecule has 75 valence electrons. The van der Waals surface area contributed by atoms with E-state index < -0.39 is 9.04 Å². The number of fused-ring (bicyclic) bond motifs is 1. The second kappa shape index (κ2) is 4.42. The molecule has 2 aromatic rings. The predicted molar refractivity (Wildman–Crippen MR) is 66.8 cm³/mol. The third kappa shape index (κ3) is 2.35. The average molecular weight is 213 g/mol. The molecule has 1 nitrogen and oxygen atoms in total. The standard InChI is InChI=1S/C13H13OSi/c1-15(14)10-9-12-7-4-6-11-5-2-3-8-13(11)12/h2-10,14H,1H3. The molecule has 2 rings (SSSR count). The van der Waals surface area contributed by atoms with Crippen LogP contribution in [0.1, 0.15) is 5.56 Å². The van der Waals surface area contributed by atoms with Crippen LogP contribution in [0.5, 0.6) is 0 Å². The molecule has 0 aliphatic rings. The summed E-state index contributed by atoms with van der Waals surface area (Å²) in [5, 5.41) is 2.47. The van der Waals surface area contributed by atoms with E-state index in [1.807, 2.05) is 36.5 Å². The predicted octanol–water partition coefficient (Wildman–Crippen LogP) is 3.01. The SMILES string of the molecule is C[Si](O)C=Cc1cccc2ccccc12. The summed E-state index contributed by atoms with van der Waals surface area (Å²) >= 11 is 0. The van der Waals surface area contributed by atoms with Crippen molar-refractivity contribution < 1.29 is 4.80 Å². The van der Waals surface area contributed by atoms with Crippen LogP contribution < -0.4 is 0 Å². The van der Waals surface area contributed by atoms with E-state index in [1.165, 1.54) is 16.3 Å².